The topological polar surface area (TPSA) is 83.6 Å². The van der Waals surface area contributed by atoms with E-state index in [0.717, 1.165) is 12.8 Å². The van der Waals surface area contributed by atoms with Crippen LogP contribution in [0.5, 0.6) is 0 Å². The number of nitrogens with zero attached hydrogens (tertiary/aromatic N) is 1. The molecule has 1 N–H and O–H groups in total. The van der Waals surface area contributed by atoms with Crippen LogP contribution in [-0.2, 0) is 19.4 Å². The van der Waals surface area contributed by atoms with E-state index in [-0.39, 0.29) is 35.3 Å². The maximum atomic E-state index is 12.6. The third kappa shape index (κ3) is 2.32. The van der Waals surface area contributed by atoms with Crippen molar-refractivity contribution in [3.05, 3.63) is 0 Å². The molecule has 3 rings (SSSR count). The van der Waals surface area contributed by atoms with Gasteiger partial charge in [0, 0.05) is 6.04 Å². The minimum absolute atomic E-state index is 0.0000926. The molecule has 1 saturated carbocycles. The Hall–Kier alpha value is -1.11. The molecule has 0 aromatic carbocycles. The quantitative estimate of drug-likeness (QED) is 0.775. The van der Waals surface area contributed by atoms with Crippen LogP contribution in [0.4, 0.5) is 0 Å². The Kier molecular flexibility index (Phi) is 3.27. The predicted molar refractivity (Wildman–Crippen MR) is 72.6 cm³/mol. The number of rotatable bonds is 3. The first-order chi connectivity index (χ1) is 9.43. The van der Waals surface area contributed by atoms with E-state index in [1.165, 1.54) is 0 Å². The van der Waals surface area contributed by atoms with Gasteiger partial charge < -0.3 is 10.2 Å². The molecule has 0 spiro atoms. The van der Waals surface area contributed by atoms with Crippen LogP contribution in [0.1, 0.15) is 32.6 Å². The molecular formula is C13H20N2O4S. The molecule has 2 saturated heterocycles. The zero-order valence-corrected chi connectivity index (χ0v) is 12.4. The lowest BCUT2D eigenvalue weighted by Crippen LogP contribution is -2.66. The fraction of sp³-hybridized carbons (Fsp3) is 0.846. The van der Waals surface area contributed by atoms with E-state index < -0.39 is 21.9 Å². The Balaban J connectivity index is 1.87. The van der Waals surface area contributed by atoms with Gasteiger partial charge in [0.05, 0.1) is 11.5 Å². The van der Waals surface area contributed by atoms with E-state index in [0.29, 0.717) is 12.8 Å². The summed E-state index contributed by atoms with van der Waals surface area (Å²) in [6.07, 6.45) is 2.90. The molecule has 3 fully saturated rings. The number of carbonyl (C=O) groups excluding carboxylic acids is 2. The summed E-state index contributed by atoms with van der Waals surface area (Å²) in [5.41, 5.74) is 0. The van der Waals surface area contributed by atoms with E-state index in [1.807, 2.05) is 6.92 Å². The van der Waals surface area contributed by atoms with E-state index in [2.05, 4.69) is 5.32 Å². The highest BCUT2D eigenvalue weighted by molar-refractivity contribution is 7.91. The van der Waals surface area contributed by atoms with Crippen molar-refractivity contribution in [2.45, 2.75) is 50.7 Å². The standard InChI is InChI=1S/C13H20N2O4S/c1-2-10-12(16)14-11(8-3-4-8)13(17)15(10)9-5-6-20(18,19)7-9/h8-11H,2-7H2,1H3,(H,14,16). The lowest BCUT2D eigenvalue weighted by Gasteiger charge is -2.42. The zero-order valence-electron chi connectivity index (χ0n) is 11.5. The number of hydrogen-bond acceptors (Lipinski definition) is 4. The molecule has 0 bridgehead atoms. The molecule has 6 nitrogen and oxygen atoms in total. The highest BCUT2D eigenvalue weighted by Gasteiger charge is 2.49. The van der Waals surface area contributed by atoms with Gasteiger partial charge in [-0.1, -0.05) is 6.92 Å². The van der Waals surface area contributed by atoms with E-state index in [4.69, 9.17) is 0 Å². The average molecular weight is 300 g/mol. The van der Waals surface area contributed by atoms with Gasteiger partial charge in [-0.2, -0.15) is 0 Å². The third-order valence-corrected chi connectivity index (χ3v) is 6.29. The molecule has 2 amide bonds. The second-order valence-corrected chi connectivity index (χ2v) is 8.28. The van der Waals surface area contributed by atoms with Crippen LogP contribution >= 0.6 is 0 Å². The number of nitrogens with one attached hydrogen (secondary N) is 1. The first kappa shape index (κ1) is 13.9. The van der Waals surface area contributed by atoms with Gasteiger partial charge in [-0.15, -0.1) is 0 Å². The molecule has 3 atom stereocenters. The average Bonchev–Trinajstić information content (AvgIpc) is 3.15. The Morgan fingerprint density at radius 2 is 1.95 bits per heavy atom. The SMILES string of the molecule is CCC1C(=O)NC(C2CC2)C(=O)N1C1CCS(=O)(=O)C1. The molecule has 2 aliphatic heterocycles. The molecule has 3 unspecified atom stereocenters. The fourth-order valence-electron chi connectivity index (χ4n) is 3.31. The normalized spacial score (nSPS) is 37.0. The summed E-state index contributed by atoms with van der Waals surface area (Å²) >= 11 is 0. The Bertz CT molecular complexity index is 541. The molecule has 3 aliphatic rings. The van der Waals surface area contributed by atoms with Gasteiger partial charge in [-0.25, -0.2) is 8.42 Å². The van der Waals surface area contributed by atoms with Gasteiger partial charge in [0.15, 0.2) is 9.84 Å². The molecule has 1 aliphatic carbocycles. The van der Waals surface area contributed by atoms with Crippen molar-refractivity contribution in [2.75, 3.05) is 11.5 Å². The van der Waals surface area contributed by atoms with Crippen LogP contribution < -0.4 is 5.32 Å². The van der Waals surface area contributed by atoms with Crippen molar-refractivity contribution >= 4 is 21.7 Å². The maximum absolute atomic E-state index is 12.6. The molecule has 20 heavy (non-hydrogen) atoms. The highest BCUT2D eigenvalue weighted by Crippen LogP contribution is 2.36. The van der Waals surface area contributed by atoms with Crippen molar-refractivity contribution in [1.82, 2.24) is 10.2 Å². The summed E-state index contributed by atoms with van der Waals surface area (Å²) in [6, 6.07) is -1.28. The van der Waals surface area contributed by atoms with Gasteiger partial charge >= 0.3 is 0 Å². The van der Waals surface area contributed by atoms with E-state index in [1.54, 1.807) is 4.90 Å². The van der Waals surface area contributed by atoms with Gasteiger partial charge in [-0.3, -0.25) is 9.59 Å². The molecule has 0 aromatic heterocycles. The number of sulfone groups is 1. The van der Waals surface area contributed by atoms with Crippen molar-refractivity contribution in [2.24, 2.45) is 5.92 Å². The Labute approximate surface area is 118 Å². The second kappa shape index (κ2) is 4.72. The fourth-order valence-corrected chi connectivity index (χ4v) is 5.02. The largest absolute Gasteiger partial charge is 0.342 e. The van der Waals surface area contributed by atoms with Crippen LogP contribution in [0, 0.1) is 5.92 Å². The van der Waals surface area contributed by atoms with Gasteiger partial charge in [-0.05, 0) is 31.6 Å². The van der Waals surface area contributed by atoms with Crippen molar-refractivity contribution < 1.29 is 18.0 Å². The summed E-state index contributed by atoms with van der Waals surface area (Å²) in [5, 5.41) is 2.82. The van der Waals surface area contributed by atoms with Crippen molar-refractivity contribution in [3.63, 3.8) is 0 Å². The summed E-state index contributed by atoms with van der Waals surface area (Å²) in [7, 11) is -3.07. The summed E-state index contributed by atoms with van der Waals surface area (Å²) in [6.45, 7) is 1.85. The number of piperazine rings is 1. The molecule has 7 heteroatoms. The van der Waals surface area contributed by atoms with Crippen LogP contribution in [0.25, 0.3) is 0 Å². The van der Waals surface area contributed by atoms with Gasteiger partial charge in [0.2, 0.25) is 11.8 Å². The summed E-state index contributed by atoms with van der Waals surface area (Å²) in [4.78, 5) is 26.4. The minimum Gasteiger partial charge on any atom is -0.342 e. The molecule has 112 valence electrons. The summed E-state index contributed by atoms with van der Waals surface area (Å²) in [5.74, 6) is 0.146. The van der Waals surface area contributed by atoms with Crippen molar-refractivity contribution in [3.8, 4) is 0 Å². The minimum atomic E-state index is -3.07. The zero-order chi connectivity index (χ0) is 14.5. The van der Waals surface area contributed by atoms with Gasteiger partial charge in [0.25, 0.3) is 0 Å². The lowest BCUT2D eigenvalue weighted by molar-refractivity contribution is -0.152. The lowest BCUT2D eigenvalue weighted by atomic mass is 9.99. The molecular weight excluding hydrogens is 280 g/mol. The van der Waals surface area contributed by atoms with Gasteiger partial charge in [0.1, 0.15) is 12.1 Å². The first-order valence-corrected chi connectivity index (χ1v) is 9.08. The van der Waals surface area contributed by atoms with Crippen LogP contribution in [0.15, 0.2) is 0 Å². The maximum Gasteiger partial charge on any atom is 0.246 e. The Morgan fingerprint density at radius 3 is 2.45 bits per heavy atom. The molecule has 2 heterocycles. The number of carbonyl (C=O) groups is 2. The van der Waals surface area contributed by atoms with Crippen LogP contribution in [-0.4, -0.2) is 54.8 Å². The smallest absolute Gasteiger partial charge is 0.246 e. The van der Waals surface area contributed by atoms with Crippen LogP contribution in [0.3, 0.4) is 0 Å². The van der Waals surface area contributed by atoms with Crippen molar-refractivity contribution in [1.29, 1.82) is 0 Å². The first-order valence-electron chi connectivity index (χ1n) is 7.26. The number of hydrogen-bond donors (Lipinski definition) is 1. The summed E-state index contributed by atoms with van der Waals surface area (Å²) < 4.78 is 23.3. The third-order valence-electron chi connectivity index (χ3n) is 4.54. The number of amides is 2. The molecule has 0 radical (unpaired) electrons. The van der Waals surface area contributed by atoms with E-state index in [9.17, 15) is 18.0 Å². The predicted octanol–water partition coefficient (Wildman–Crippen LogP) is -0.311. The Morgan fingerprint density at radius 1 is 1.25 bits per heavy atom. The second-order valence-electron chi connectivity index (χ2n) is 6.05. The highest BCUT2D eigenvalue weighted by atomic mass is 32.2. The van der Waals surface area contributed by atoms with Crippen LogP contribution in [0.2, 0.25) is 0 Å². The monoisotopic (exact) mass is 300 g/mol. The van der Waals surface area contributed by atoms with E-state index >= 15 is 0 Å². The molecule has 0 aromatic rings.